The van der Waals surface area contributed by atoms with E-state index in [4.69, 9.17) is 9.26 Å². The molecule has 0 spiro atoms. The van der Waals surface area contributed by atoms with Crippen LogP contribution in [-0.2, 0) is 6.42 Å². The minimum absolute atomic E-state index is 0.160. The van der Waals surface area contributed by atoms with Crippen molar-refractivity contribution < 1.29 is 18.4 Å². The van der Waals surface area contributed by atoms with Crippen LogP contribution < -0.4 is 15.4 Å². The first kappa shape index (κ1) is 16.7. The molecule has 23 heavy (non-hydrogen) atoms. The SMILES string of the molecule is Cc1noc(CCNC(=O)N[C@@H](C)COc2ccccc2F)n1. The molecule has 1 atom stereocenters. The van der Waals surface area contributed by atoms with Gasteiger partial charge in [0.05, 0.1) is 6.04 Å². The van der Waals surface area contributed by atoms with Crippen LogP contribution in [0.4, 0.5) is 9.18 Å². The molecule has 2 aromatic rings. The van der Waals surface area contributed by atoms with Crippen LogP contribution in [0, 0.1) is 12.7 Å². The van der Waals surface area contributed by atoms with Gasteiger partial charge in [-0.3, -0.25) is 0 Å². The number of amides is 2. The van der Waals surface area contributed by atoms with Crippen molar-refractivity contribution in [3.63, 3.8) is 0 Å². The van der Waals surface area contributed by atoms with Crippen LogP contribution in [0.3, 0.4) is 0 Å². The van der Waals surface area contributed by atoms with Crippen LogP contribution in [0.2, 0.25) is 0 Å². The summed E-state index contributed by atoms with van der Waals surface area (Å²) in [5, 5.41) is 9.03. The van der Waals surface area contributed by atoms with E-state index in [-0.39, 0.29) is 24.4 Å². The third kappa shape index (κ3) is 5.57. The molecule has 0 aliphatic carbocycles. The zero-order chi connectivity index (χ0) is 16.7. The maximum Gasteiger partial charge on any atom is 0.315 e. The lowest BCUT2D eigenvalue weighted by Gasteiger charge is -2.15. The Kier molecular flexibility index (Phi) is 5.90. The molecular weight excluding hydrogens is 303 g/mol. The molecule has 2 N–H and O–H groups in total. The van der Waals surface area contributed by atoms with E-state index >= 15 is 0 Å². The second-order valence-electron chi connectivity index (χ2n) is 5.03. The van der Waals surface area contributed by atoms with Gasteiger partial charge in [0.15, 0.2) is 17.4 Å². The molecule has 0 radical (unpaired) electrons. The number of rotatable bonds is 7. The number of hydrogen-bond donors (Lipinski definition) is 2. The fourth-order valence-electron chi connectivity index (χ4n) is 1.82. The van der Waals surface area contributed by atoms with Gasteiger partial charge >= 0.3 is 6.03 Å². The standard InChI is InChI=1S/C15H19FN4O3/c1-10(9-22-13-6-4-3-5-12(13)16)18-15(21)17-8-7-14-19-11(2)20-23-14/h3-6,10H,7-9H2,1-2H3,(H2,17,18,21)/t10-/m0/s1. The summed E-state index contributed by atoms with van der Waals surface area (Å²) in [4.78, 5) is 15.7. The maximum absolute atomic E-state index is 13.4. The smallest absolute Gasteiger partial charge is 0.315 e. The van der Waals surface area contributed by atoms with Gasteiger partial charge in [-0.15, -0.1) is 0 Å². The summed E-state index contributed by atoms with van der Waals surface area (Å²) in [7, 11) is 0. The molecule has 7 nitrogen and oxygen atoms in total. The Morgan fingerprint density at radius 2 is 2.22 bits per heavy atom. The number of carbonyl (C=O) groups is 1. The zero-order valence-electron chi connectivity index (χ0n) is 13.0. The van der Waals surface area contributed by atoms with Crippen LogP contribution in [0.25, 0.3) is 0 Å². The minimum Gasteiger partial charge on any atom is -0.488 e. The van der Waals surface area contributed by atoms with E-state index in [1.165, 1.54) is 12.1 Å². The van der Waals surface area contributed by atoms with Gasteiger partial charge in [0.2, 0.25) is 5.89 Å². The summed E-state index contributed by atoms with van der Waals surface area (Å²) in [6, 6.07) is 5.50. The van der Waals surface area contributed by atoms with Crippen molar-refractivity contribution in [3.05, 3.63) is 41.8 Å². The molecule has 0 bridgehead atoms. The zero-order valence-corrected chi connectivity index (χ0v) is 13.0. The summed E-state index contributed by atoms with van der Waals surface area (Å²) in [6.07, 6.45) is 0.453. The molecule has 8 heteroatoms. The molecule has 1 aromatic heterocycles. The molecule has 0 unspecified atom stereocenters. The molecule has 0 fully saturated rings. The Hall–Kier alpha value is -2.64. The van der Waals surface area contributed by atoms with Crippen LogP contribution >= 0.6 is 0 Å². The molecule has 1 heterocycles. The summed E-state index contributed by atoms with van der Waals surface area (Å²) in [6.45, 7) is 4.03. The quantitative estimate of drug-likeness (QED) is 0.812. The minimum atomic E-state index is -0.431. The second kappa shape index (κ2) is 8.11. The summed E-state index contributed by atoms with van der Waals surface area (Å²) in [5.74, 6) is 0.759. The Morgan fingerprint density at radius 1 is 1.43 bits per heavy atom. The molecule has 0 saturated heterocycles. The molecule has 2 amide bonds. The number of nitrogens with zero attached hydrogens (tertiary/aromatic N) is 2. The van der Waals surface area contributed by atoms with Crippen LogP contribution in [0.15, 0.2) is 28.8 Å². The van der Waals surface area contributed by atoms with Gasteiger partial charge in [-0.2, -0.15) is 4.98 Å². The first-order valence-corrected chi connectivity index (χ1v) is 7.25. The van der Waals surface area contributed by atoms with Crippen molar-refractivity contribution in [1.82, 2.24) is 20.8 Å². The fraction of sp³-hybridized carbons (Fsp3) is 0.400. The van der Waals surface area contributed by atoms with Crippen molar-refractivity contribution in [2.24, 2.45) is 0 Å². The van der Waals surface area contributed by atoms with Gasteiger partial charge < -0.3 is 19.9 Å². The van der Waals surface area contributed by atoms with E-state index in [0.717, 1.165) is 0 Å². The predicted octanol–water partition coefficient (Wildman–Crippen LogP) is 1.83. The lowest BCUT2D eigenvalue weighted by atomic mass is 10.3. The molecule has 2 rings (SSSR count). The highest BCUT2D eigenvalue weighted by molar-refractivity contribution is 5.74. The van der Waals surface area contributed by atoms with Gasteiger partial charge in [-0.05, 0) is 26.0 Å². The number of halogens is 1. The van der Waals surface area contributed by atoms with E-state index in [1.807, 2.05) is 0 Å². The van der Waals surface area contributed by atoms with Crippen LogP contribution in [-0.4, -0.2) is 35.4 Å². The molecule has 0 aliphatic rings. The Balaban J connectivity index is 1.65. The third-order valence-corrected chi connectivity index (χ3v) is 2.90. The number of nitrogens with one attached hydrogen (secondary N) is 2. The number of para-hydroxylation sites is 1. The number of urea groups is 1. The fourth-order valence-corrected chi connectivity index (χ4v) is 1.82. The van der Waals surface area contributed by atoms with E-state index < -0.39 is 5.82 Å². The molecular formula is C15H19FN4O3. The average Bonchev–Trinajstić information content (AvgIpc) is 2.92. The summed E-state index contributed by atoms with van der Waals surface area (Å²) >= 11 is 0. The summed E-state index contributed by atoms with van der Waals surface area (Å²) in [5.41, 5.74) is 0. The van der Waals surface area contributed by atoms with Gasteiger partial charge in [0, 0.05) is 13.0 Å². The highest BCUT2D eigenvalue weighted by Crippen LogP contribution is 2.15. The number of ether oxygens (including phenoxy) is 1. The summed E-state index contributed by atoms with van der Waals surface area (Å²) < 4.78 is 23.7. The third-order valence-electron chi connectivity index (χ3n) is 2.90. The average molecular weight is 322 g/mol. The highest BCUT2D eigenvalue weighted by Gasteiger charge is 2.10. The Labute approximate surface area is 133 Å². The van der Waals surface area contributed by atoms with Crippen molar-refractivity contribution in [3.8, 4) is 5.75 Å². The lowest BCUT2D eigenvalue weighted by Crippen LogP contribution is -2.43. The Bertz CT molecular complexity index is 647. The second-order valence-corrected chi connectivity index (χ2v) is 5.03. The van der Waals surface area contributed by atoms with Crippen molar-refractivity contribution in [1.29, 1.82) is 0 Å². The number of aryl methyl sites for hydroxylation is 1. The number of carbonyl (C=O) groups excluding carboxylic acids is 1. The molecule has 0 aliphatic heterocycles. The molecule has 1 aromatic carbocycles. The van der Waals surface area contributed by atoms with Crippen LogP contribution in [0.1, 0.15) is 18.6 Å². The van der Waals surface area contributed by atoms with Crippen molar-refractivity contribution >= 4 is 6.03 Å². The van der Waals surface area contributed by atoms with Gasteiger partial charge in [0.1, 0.15) is 6.61 Å². The number of aromatic nitrogens is 2. The van der Waals surface area contributed by atoms with Crippen molar-refractivity contribution in [2.45, 2.75) is 26.3 Å². The number of hydrogen-bond acceptors (Lipinski definition) is 5. The van der Waals surface area contributed by atoms with Crippen molar-refractivity contribution in [2.75, 3.05) is 13.2 Å². The maximum atomic E-state index is 13.4. The van der Waals surface area contributed by atoms with Crippen LogP contribution in [0.5, 0.6) is 5.75 Å². The van der Waals surface area contributed by atoms with E-state index in [2.05, 4.69) is 20.8 Å². The normalized spacial score (nSPS) is 11.8. The van der Waals surface area contributed by atoms with Gasteiger partial charge in [0.25, 0.3) is 0 Å². The first-order chi connectivity index (χ1) is 11.0. The lowest BCUT2D eigenvalue weighted by molar-refractivity contribution is 0.224. The monoisotopic (exact) mass is 322 g/mol. The first-order valence-electron chi connectivity index (χ1n) is 7.25. The van der Waals surface area contributed by atoms with Gasteiger partial charge in [-0.25, -0.2) is 9.18 Å². The topological polar surface area (TPSA) is 89.3 Å². The van der Waals surface area contributed by atoms with E-state index in [9.17, 15) is 9.18 Å². The van der Waals surface area contributed by atoms with Gasteiger partial charge in [-0.1, -0.05) is 17.3 Å². The van der Waals surface area contributed by atoms with E-state index in [1.54, 1.807) is 26.0 Å². The highest BCUT2D eigenvalue weighted by atomic mass is 19.1. The predicted molar refractivity (Wildman–Crippen MR) is 80.6 cm³/mol. The Morgan fingerprint density at radius 3 is 2.91 bits per heavy atom. The molecule has 124 valence electrons. The number of benzene rings is 1. The molecule has 0 saturated carbocycles. The largest absolute Gasteiger partial charge is 0.488 e. The van der Waals surface area contributed by atoms with E-state index in [0.29, 0.717) is 24.7 Å².